The van der Waals surface area contributed by atoms with Crippen LogP contribution in [0.2, 0.25) is 0 Å². The summed E-state index contributed by atoms with van der Waals surface area (Å²) in [5.41, 5.74) is 18.0. The van der Waals surface area contributed by atoms with Gasteiger partial charge in [-0.25, -0.2) is 4.98 Å². The molecule has 0 amide bonds. The third-order valence-electron chi connectivity index (χ3n) is 3.82. The van der Waals surface area contributed by atoms with Crippen molar-refractivity contribution >= 4 is 11.5 Å². The maximum absolute atomic E-state index is 5.91. The Balaban J connectivity index is 2.03. The Morgan fingerprint density at radius 2 is 2.23 bits per heavy atom. The predicted molar refractivity (Wildman–Crippen MR) is 89.9 cm³/mol. The molecule has 1 aliphatic rings. The second-order valence-electron chi connectivity index (χ2n) is 5.56. The highest BCUT2D eigenvalue weighted by atomic mass is 15.0. The maximum atomic E-state index is 5.91. The fraction of sp³-hybridized carbons (Fsp3) is 0.294. The third kappa shape index (κ3) is 2.94. The number of hydrogen-bond donors (Lipinski definition) is 3. The van der Waals surface area contributed by atoms with Gasteiger partial charge in [0.05, 0.1) is 11.4 Å². The lowest BCUT2D eigenvalue weighted by molar-refractivity contribution is 0.933. The Morgan fingerprint density at radius 3 is 3.00 bits per heavy atom. The molecule has 2 aromatic heterocycles. The van der Waals surface area contributed by atoms with Gasteiger partial charge in [-0.1, -0.05) is 17.7 Å². The lowest BCUT2D eigenvalue weighted by Crippen LogP contribution is -2.02. The van der Waals surface area contributed by atoms with Crippen molar-refractivity contribution in [1.82, 2.24) is 15.0 Å². The molecule has 3 rings (SSSR count). The first-order valence-electron chi connectivity index (χ1n) is 7.56. The summed E-state index contributed by atoms with van der Waals surface area (Å²) in [6, 6.07) is 4.01. The monoisotopic (exact) mass is 295 g/mol. The summed E-state index contributed by atoms with van der Waals surface area (Å²) < 4.78 is 0. The summed E-state index contributed by atoms with van der Waals surface area (Å²) in [6.07, 6.45) is 9.14. The number of nitrogens with zero attached hydrogens (tertiary/aromatic N) is 2. The number of allylic oxidation sites excluding steroid dienone is 3. The van der Waals surface area contributed by atoms with Crippen molar-refractivity contribution in [1.29, 1.82) is 0 Å². The maximum Gasteiger partial charge on any atom is 0.198 e. The van der Waals surface area contributed by atoms with Crippen LogP contribution < -0.4 is 11.5 Å². The van der Waals surface area contributed by atoms with Gasteiger partial charge in [0.2, 0.25) is 0 Å². The fourth-order valence-electron chi connectivity index (χ4n) is 2.83. The summed E-state index contributed by atoms with van der Waals surface area (Å²) in [6.45, 7) is 2.64. The predicted octanol–water partition coefficient (Wildman–Crippen LogP) is 2.81. The first-order chi connectivity index (χ1) is 10.7. The summed E-state index contributed by atoms with van der Waals surface area (Å²) in [7, 11) is 0. The van der Waals surface area contributed by atoms with Crippen LogP contribution in [0.25, 0.3) is 16.8 Å². The molecular weight excluding hydrogens is 274 g/mol. The van der Waals surface area contributed by atoms with E-state index >= 15 is 0 Å². The minimum Gasteiger partial charge on any atom is -0.369 e. The molecule has 22 heavy (non-hydrogen) atoms. The zero-order valence-electron chi connectivity index (χ0n) is 12.8. The van der Waals surface area contributed by atoms with Gasteiger partial charge in [-0.3, -0.25) is 4.98 Å². The van der Waals surface area contributed by atoms with Gasteiger partial charge in [0.25, 0.3) is 0 Å². The molecule has 2 heterocycles. The van der Waals surface area contributed by atoms with Gasteiger partial charge in [-0.15, -0.1) is 0 Å². The Hall–Kier alpha value is -2.40. The van der Waals surface area contributed by atoms with Crippen LogP contribution in [0.1, 0.15) is 30.7 Å². The Labute approximate surface area is 130 Å². The molecule has 0 spiro atoms. The Kier molecular flexibility index (Phi) is 4.06. The molecule has 5 nitrogen and oxygen atoms in total. The standard InChI is InChI=1S/C17H21N5/c1-11-9-14(6-8-20-11)16-15(21-17(19)22-16)13-4-2-3-12(10-13)5-7-18/h3,6,8-10H,2,4-5,7,18H2,1H3,(H3,19,21,22). The normalized spacial score (nSPS) is 14.6. The number of aromatic amines is 1. The topological polar surface area (TPSA) is 93.6 Å². The van der Waals surface area contributed by atoms with Gasteiger partial charge >= 0.3 is 0 Å². The molecule has 0 unspecified atom stereocenters. The van der Waals surface area contributed by atoms with Crippen LogP contribution in [0.5, 0.6) is 0 Å². The molecule has 0 bridgehead atoms. The highest BCUT2D eigenvalue weighted by Crippen LogP contribution is 2.33. The van der Waals surface area contributed by atoms with Crippen molar-refractivity contribution in [2.24, 2.45) is 5.73 Å². The van der Waals surface area contributed by atoms with Gasteiger partial charge < -0.3 is 16.5 Å². The Morgan fingerprint density at radius 1 is 1.36 bits per heavy atom. The van der Waals surface area contributed by atoms with E-state index in [0.717, 1.165) is 41.9 Å². The molecule has 0 aliphatic heterocycles. The van der Waals surface area contributed by atoms with Crippen molar-refractivity contribution in [3.63, 3.8) is 0 Å². The number of imidazole rings is 1. The third-order valence-corrected chi connectivity index (χ3v) is 3.82. The van der Waals surface area contributed by atoms with E-state index in [9.17, 15) is 0 Å². The van der Waals surface area contributed by atoms with Gasteiger partial charge in [0.1, 0.15) is 0 Å². The van der Waals surface area contributed by atoms with Crippen LogP contribution in [0.3, 0.4) is 0 Å². The molecule has 0 fully saturated rings. The number of aromatic nitrogens is 3. The number of hydrogen-bond acceptors (Lipinski definition) is 4. The number of nitrogens with one attached hydrogen (secondary N) is 1. The van der Waals surface area contributed by atoms with Crippen LogP contribution >= 0.6 is 0 Å². The number of H-pyrrole nitrogens is 1. The number of pyridine rings is 1. The van der Waals surface area contributed by atoms with Crippen LogP contribution in [0.15, 0.2) is 36.1 Å². The highest BCUT2D eigenvalue weighted by Gasteiger charge is 2.17. The quantitative estimate of drug-likeness (QED) is 0.808. The number of nitrogens with two attached hydrogens (primary N) is 2. The van der Waals surface area contributed by atoms with E-state index in [1.165, 1.54) is 11.1 Å². The van der Waals surface area contributed by atoms with Crippen LogP contribution in [0.4, 0.5) is 5.95 Å². The van der Waals surface area contributed by atoms with E-state index in [-0.39, 0.29) is 0 Å². The smallest absolute Gasteiger partial charge is 0.198 e. The molecule has 2 aromatic rings. The number of rotatable bonds is 4. The molecule has 5 heteroatoms. The lowest BCUT2D eigenvalue weighted by atomic mass is 9.93. The number of anilines is 1. The first-order valence-corrected chi connectivity index (χ1v) is 7.56. The first kappa shape index (κ1) is 14.5. The molecule has 5 N–H and O–H groups in total. The molecule has 0 saturated heterocycles. The van der Waals surface area contributed by atoms with E-state index in [1.54, 1.807) is 6.20 Å². The second-order valence-corrected chi connectivity index (χ2v) is 5.56. The van der Waals surface area contributed by atoms with Crippen molar-refractivity contribution in [2.45, 2.75) is 26.2 Å². The van der Waals surface area contributed by atoms with E-state index in [1.807, 2.05) is 19.1 Å². The summed E-state index contributed by atoms with van der Waals surface area (Å²) in [5.74, 6) is 0.440. The molecular formula is C17H21N5. The van der Waals surface area contributed by atoms with Gasteiger partial charge in [-0.05, 0) is 50.4 Å². The largest absolute Gasteiger partial charge is 0.369 e. The molecule has 114 valence electrons. The molecule has 1 aliphatic carbocycles. The molecule has 0 atom stereocenters. The average Bonchev–Trinajstić information content (AvgIpc) is 2.90. The summed E-state index contributed by atoms with van der Waals surface area (Å²) in [4.78, 5) is 11.9. The van der Waals surface area contributed by atoms with E-state index in [2.05, 4.69) is 27.1 Å². The van der Waals surface area contributed by atoms with Crippen LogP contribution in [-0.4, -0.2) is 21.5 Å². The summed E-state index contributed by atoms with van der Waals surface area (Å²) >= 11 is 0. The van der Waals surface area contributed by atoms with Crippen LogP contribution in [0, 0.1) is 6.92 Å². The van der Waals surface area contributed by atoms with Gasteiger partial charge in [-0.2, -0.15) is 0 Å². The molecule has 0 saturated carbocycles. The van der Waals surface area contributed by atoms with Crippen molar-refractivity contribution in [3.05, 3.63) is 47.4 Å². The number of nitrogen functional groups attached to an aromatic ring is 1. The van der Waals surface area contributed by atoms with E-state index in [0.29, 0.717) is 12.5 Å². The van der Waals surface area contributed by atoms with E-state index in [4.69, 9.17) is 11.5 Å². The highest BCUT2D eigenvalue weighted by molar-refractivity contribution is 5.80. The SMILES string of the molecule is Cc1cc(-c2[nH]c(N)nc2C2=CC(CCN)=CCC2)ccn1. The zero-order valence-corrected chi connectivity index (χ0v) is 12.8. The van der Waals surface area contributed by atoms with Crippen molar-refractivity contribution < 1.29 is 0 Å². The average molecular weight is 295 g/mol. The minimum atomic E-state index is 0.440. The Bertz CT molecular complexity index is 739. The van der Waals surface area contributed by atoms with Crippen molar-refractivity contribution in [3.8, 4) is 11.3 Å². The number of aryl methyl sites for hydroxylation is 1. The molecule has 0 radical (unpaired) electrons. The lowest BCUT2D eigenvalue weighted by Gasteiger charge is -2.13. The van der Waals surface area contributed by atoms with Gasteiger partial charge in [0, 0.05) is 17.5 Å². The van der Waals surface area contributed by atoms with Crippen molar-refractivity contribution in [2.75, 3.05) is 12.3 Å². The summed E-state index contributed by atoms with van der Waals surface area (Å²) in [5, 5.41) is 0. The second kappa shape index (κ2) is 6.15. The van der Waals surface area contributed by atoms with E-state index < -0.39 is 0 Å². The zero-order chi connectivity index (χ0) is 15.5. The molecule has 0 aromatic carbocycles. The fourth-order valence-corrected chi connectivity index (χ4v) is 2.83. The van der Waals surface area contributed by atoms with Crippen LogP contribution in [-0.2, 0) is 0 Å². The minimum absolute atomic E-state index is 0.440. The van der Waals surface area contributed by atoms with Gasteiger partial charge in [0.15, 0.2) is 5.95 Å².